The third kappa shape index (κ3) is 4.03. The van der Waals surface area contributed by atoms with Gasteiger partial charge in [-0.05, 0) is 30.5 Å². The fraction of sp³-hybridized carbons (Fsp3) is 0.571. The van der Waals surface area contributed by atoms with Crippen LogP contribution in [-0.2, 0) is 16.4 Å². The minimum absolute atomic E-state index is 0.156. The van der Waals surface area contributed by atoms with Crippen molar-refractivity contribution in [3.8, 4) is 0 Å². The maximum Gasteiger partial charge on any atom is 0.175 e. The van der Waals surface area contributed by atoms with Crippen LogP contribution >= 0.6 is 0 Å². The third-order valence-corrected chi connectivity index (χ3v) is 4.78. The molecule has 106 valence electrons. The van der Waals surface area contributed by atoms with E-state index in [1.54, 1.807) is 12.1 Å². The summed E-state index contributed by atoms with van der Waals surface area (Å²) in [6.45, 7) is 0.659. The monoisotopic (exact) mass is 283 g/mol. The molecule has 1 aliphatic carbocycles. The Hall–Kier alpha value is -0.910. The van der Waals surface area contributed by atoms with Crippen molar-refractivity contribution in [3.63, 3.8) is 0 Å². The summed E-state index contributed by atoms with van der Waals surface area (Å²) in [5.74, 6) is 0. The molecule has 0 unspecified atom stereocenters. The summed E-state index contributed by atoms with van der Waals surface area (Å²) in [5.41, 5.74) is 1.03. The van der Waals surface area contributed by atoms with Crippen LogP contribution in [0.15, 0.2) is 29.2 Å². The standard InChI is InChI=1S/C14H21NO3S/c1-19(17,18)12-8-6-11(7-9-12)10-15-13-4-2-3-5-14(13)16/h6-9,13-16H,2-5,10H2,1H3/t13-,14-/m0/s1. The maximum absolute atomic E-state index is 11.3. The summed E-state index contributed by atoms with van der Waals surface area (Å²) in [6.07, 6.45) is 5.07. The molecule has 5 heteroatoms. The molecule has 1 aromatic carbocycles. The lowest BCUT2D eigenvalue weighted by Gasteiger charge is -2.28. The van der Waals surface area contributed by atoms with Crippen molar-refractivity contribution in [2.75, 3.05) is 6.26 Å². The molecule has 1 aliphatic rings. The van der Waals surface area contributed by atoms with E-state index in [-0.39, 0.29) is 12.1 Å². The second-order valence-electron chi connectivity index (χ2n) is 5.26. The van der Waals surface area contributed by atoms with Crippen molar-refractivity contribution in [2.24, 2.45) is 0 Å². The first-order chi connectivity index (χ1) is 8.97. The van der Waals surface area contributed by atoms with Gasteiger partial charge in [0.15, 0.2) is 9.84 Å². The molecular weight excluding hydrogens is 262 g/mol. The van der Waals surface area contributed by atoms with Gasteiger partial charge in [0.1, 0.15) is 0 Å². The average molecular weight is 283 g/mol. The Bertz CT molecular complexity index is 510. The lowest BCUT2D eigenvalue weighted by Crippen LogP contribution is -2.41. The molecule has 19 heavy (non-hydrogen) atoms. The molecule has 0 aromatic heterocycles. The zero-order chi connectivity index (χ0) is 13.9. The van der Waals surface area contributed by atoms with Gasteiger partial charge in [0.2, 0.25) is 0 Å². The SMILES string of the molecule is CS(=O)(=O)c1ccc(CN[C@H]2CCCC[C@@H]2O)cc1. The van der Waals surface area contributed by atoms with Gasteiger partial charge in [-0.25, -0.2) is 8.42 Å². The molecule has 0 heterocycles. The van der Waals surface area contributed by atoms with Gasteiger partial charge in [0.25, 0.3) is 0 Å². The number of sulfone groups is 1. The first-order valence-electron chi connectivity index (χ1n) is 6.67. The molecule has 4 nitrogen and oxygen atoms in total. The number of aliphatic hydroxyl groups excluding tert-OH is 1. The maximum atomic E-state index is 11.3. The van der Waals surface area contributed by atoms with E-state index in [1.807, 2.05) is 12.1 Å². The van der Waals surface area contributed by atoms with Gasteiger partial charge in [0, 0.05) is 18.8 Å². The van der Waals surface area contributed by atoms with Crippen molar-refractivity contribution in [1.29, 1.82) is 0 Å². The van der Waals surface area contributed by atoms with Crippen molar-refractivity contribution < 1.29 is 13.5 Å². The Labute approximate surface area is 114 Å². The Morgan fingerprint density at radius 2 is 1.84 bits per heavy atom. The molecule has 0 saturated heterocycles. The number of aliphatic hydroxyl groups is 1. The van der Waals surface area contributed by atoms with Gasteiger partial charge < -0.3 is 10.4 Å². The predicted octanol–water partition coefficient (Wildman–Crippen LogP) is 1.48. The van der Waals surface area contributed by atoms with Gasteiger partial charge in [-0.1, -0.05) is 25.0 Å². The fourth-order valence-electron chi connectivity index (χ4n) is 2.45. The average Bonchev–Trinajstić information content (AvgIpc) is 2.37. The quantitative estimate of drug-likeness (QED) is 0.878. The van der Waals surface area contributed by atoms with E-state index in [9.17, 15) is 13.5 Å². The zero-order valence-corrected chi connectivity index (χ0v) is 12.0. The van der Waals surface area contributed by atoms with Crippen molar-refractivity contribution in [3.05, 3.63) is 29.8 Å². The Balaban J connectivity index is 1.93. The summed E-state index contributed by atoms with van der Waals surface area (Å²) in [4.78, 5) is 0.342. The molecule has 2 rings (SSSR count). The van der Waals surface area contributed by atoms with E-state index >= 15 is 0 Å². The van der Waals surface area contributed by atoms with E-state index in [0.29, 0.717) is 11.4 Å². The van der Waals surface area contributed by atoms with Gasteiger partial charge in [-0.3, -0.25) is 0 Å². The van der Waals surface area contributed by atoms with Crippen LogP contribution in [0, 0.1) is 0 Å². The normalized spacial score (nSPS) is 24.3. The number of hydrogen-bond acceptors (Lipinski definition) is 4. The molecule has 0 radical (unpaired) electrons. The second kappa shape index (κ2) is 6.03. The summed E-state index contributed by atoms with van der Waals surface area (Å²) in [6, 6.07) is 7.05. The Morgan fingerprint density at radius 1 is 1.21 bits per heavy atom. The highest BCUT2D eigenvalue weighted by atomic mass is 32.2. The van der Waals surface area contributed by atoms with Crippen LogP contribution < -0.4 is 5.32 Å². The van der Waals surface area contributed by atoms with Gasteiger partial charge in [0.05, 0.1) is 11.0 Å². The summed E-state index contributed by atoms with van der Waals surface area (Å²) < 4.78 is 22.7. The predicted molar refractivity (Wildman–Crippen MR) is 74.7 cm³/mol. The zero-order valence-electron chi connectivity index (χ0n) is 11.2. The Morgan fingerprint density at radius 3 is 2.42 bits per heavy atom. The molecule has 2 atom stereocenters. The van der Waals surface area contributed by atoms with Gasteiger partial charge in [-0.2, -0.15) is 0 Å². The smallest absolute Gasteiger partial charge is 0.175 e. The number of hydrogen-bond donors (Lipinski definition) is 2. The lowest BCUT2D eigenvalue weighted by atomic mass is 9.92. The molecule has 0 spiro atoms. The molecule has 1 saturated carbocycles. The minimum Gasteiger partial charge on any atom is -0.392 e. The van der Waals surface area contributed by atoms with Crippen LogP contribution in [0.25, 0.3) is 0 Å². The van der Waals surface area contributed by atoms with Crippen molar-refractivity contribution in [2.45, 2.75) is 49.3 Å². The van der Waals surface area contributed by atoms with Crippen LogP contribution in [-0.4, -0.2) is 31.9 Å². The molecule has 0 amide bonds. The van der Waals surface area contributed by atoms with Gasteiger partial charge in [-0.15, -0.1) is 0 Å². The third-order valence-electron chi connectivity index (χ3n) is 3.65. The highest BCUT2D eigenvalue weighted by molar-refractivity contribution is 7.90. The van der Waals surface area contributed by atoms with Crippen LogP contribution in [0.1, 0.15) is 31.2 Å². The lowest BCUT2D eigenvalue weighted by molar-refractivity contribution is 0.0902. The molecular formula is C14H21NO3S. The van der Waals surface area contributed by atoms with Crippen molar-refractivity contribution in [1.82, 2.24) is 5.32 Å². The largest absolute Gasteiger partial charge is 0.392 e. The molecule has 0 aliphatic heterocycles. The highest BCUT2D eigenvalue weighted by Crippen LogP contribution is 2.19. The van der Waals surface area contributed by atoms with Crippen molar-refractivity contribution >= 4 is 9.84 Å². The fourth-order valence-corrected chi connectivity index (χ4v) is 3.08. The first-order valence-corrected chi connectivity index (χ1v) is 8.56. The number of rotatable bonds is 4. The molecule has 2 N–H and O–H groups in total. The summed E-state index contributed by atoms with van der Waals surface area (Å²) in [7, 11) is -3.12. The van der Waals surface area contributed by atoms with E-state index in [2.05, 4.69) is 5.32 Å². The van der Waals surface area contributed by atoms with E-state index in [4.69, 9.17) is 0 Å². The highest BCUT2D eigenvalue weighted by Gasteiger charge is 2.22. The topological polar surface area (TPSA) is 66.4 Å². The van der Waals surface area contributed by atoms with E-state index in [0.717, 1.165) is 31.2 Å². The first kappa shape index (κ1) is 14.5. The molecule has 0 bridgehead atoms. The van der Waals surface area contributed by atoms with Gasteiger partial charge >= 0.3 is 0 Å². The minimum atomic E-state index is -3.12. The van der Waals surface area contributed by atoms with E-state index in [1.165, 1.54) is 6.26 Å². The second-order valence-corrected chi connectivity index (χ2v) is 7.27. The molecule has 1 aromatic rings. The van der Waals surface area contributed by atoms with Crippen LogP contribution in [0.5, 0.6) is 0 Å². The van der Waals surface area contributed by atoms with Crippen LogP contribution in [0.3, 0.4) is 0 Å². The Kier molecular flexibility index (Phi) is 4.60. The molecule has 1 fully saturated rings. The van der Waals surface area contributed by atoms with Crippen LogP contribution in [0.2, 0.25) is 0 Å². The summed E-state index contributed by atoms with van der Waals surface area (Å²) in [5, 5.41) is 13.2. The number of benzene rings is 1. The summed E-state index contributed by atoms with van der Waals surface area (Å²) >= 11 is 0. The number of nitrogens with one attached hydrogen (secondary N) is 1. The van der Waals surface area contributed by atoms with Crippen LogP contribution in [0.4, 0.5) is 0 Å². The van der Waals surface area contributed by atoms with E-state index < -0.39 is 9.84 Å².